The molecule has 8 heteroatoms. The van der Waals surface area contributed by atoms with Crippen molar-refractivity contribution >= 4 is 28.7 Å². The average Bonchev–Trinajstić information content (AvgIpc) is 3.41. The van der Waals surface area contributed by atoms with Crippen molar-refractivity contribution in [3.63, 3.8) is 0 Å². The lowest BCUT2D eigenvalue weighted by Gasteiger charge is -2.32. The van der Waals surface area contributed by atoms with E-state index in [2.05, 4.69) is 20.6 Å². The first-order valence-corrected chi connectivity index (χ1v) is 11.1. The van der Waals surface area contributed by atoms with Crippen LogP contribution in [0.5, 0.6) is 0 Å². The summed E-state index contributed by atoms with van der Waals surface area (Å²) in [6, 6.07) is 17.4. The van der Waals surface area contributed by atoms with E-state index < -0.39 is 0 Å². The summed E-state index contributed by atoms with van der Waals surface area (Å²) in [6.45, 7) is 3.05. The second-order valence-corrected chi connectivity index (χ2v) is 8.58. The van der Waals surface area contributed by atoms with Gasteiger partial charge in [-0.15, -0.1) is 0 Å². The quantitative estimate of drug-likeness (QED) is 0.503. The Bertz CT molecular complexity index is 1310. The number of benzene rings is 2. The molecule has 2 amide bonds. The summed E-state index contributed by atoms with van der Waals surface area (Å²) in [4.78, 5) is 27.9. The maximum atomic E-state index is 13.2. The molecule has 1 unspecified atom stereocenters. The van der Waals surface area contributed by atoms with Gasteiger partial charge in [0.15, 0.2) is 5.65 Å². The van der Waals surface area contributed by atoms with Gasteiger partial charge in [-0.2, -0.15) is 10.2 Å². The lowest BCUT2D eigenvalue weighted by Crippen LogP contribution is -2.43. The Morgan fingerprint density at radius 3 is 2.61 bits per heavy atom. The molecule has 2 aromatic carbocycles. The number of rotatable bonds is 4. The number of carbonyl (C=O) groups excluding carboxylic acids is 2. The fourth-order valence-electron chi connectivity index (χ4n) is 4.41. The number of carbonyl (C=O) groups is 2. The lowest BCUT2D eigenvalue weighted by atomic mass is 9.96. The second-order valence-electron chi connectivity index (χ2n) is 8.58. The molecule has 168 valence electrons. The maximum Gasteiger partial charge on any atom is 0.253 e. The minimum absolute atomic E-state index is 0.0324. The molecule has 1 fully saturated rings. The van der Waals surface area contributed by atoms with Gasteiger partial charge in [-0.25, -0.2) is 4.68 Å². The molecular weight excluding hydrogens is 416 g/mol. The molecule has 33 heavy (non-hydrogen) atoms. The summed E-state index contributed by atoms with van der Waals surface area (Å²) in [6.07, 6.45) is 1.52. The molecule has 8 nitrogen and oxygen atoms in total. The Kier molecular flexibility index (Phi) is 5.42. The van der Waals surface area contributed by atoms with Crippen LogP contribution < -0.4 is 5.32 Å². The molecule has 0 bridgehead atoms. The van der Waals surface area contributed by atoms with Crippen molar-refractivity contribution in [3.8, 4) is 11.3 Å². The highest BCUT2D eigenvalue weighted by Gasteiger charge is 2.30. The summed E-state index contributed by atoms with van der Waals surface area (Å²) in [5, 5.41) is 15.7. The van der Waals surface area contributed by atoms with Crippen molar-refractivity contribution < 1.29 is 9.59 Å². The van der Waals surface area contributed by atoms with Gasteiger partial charge in [-0.05, 0) is 31.9 Å². The SMILES string of the molecule is Cc1ccc(C(=O)N2CCCC(C(=O)Nc3[nH]nc4c3c(-c3ccccc3)nn4C)C2)cc1. The van der Waals surface area contributed by atoms with Crippen LogP contribution >= 0.6 is 0 Å². The number of piperidine rings is 1. The Morgan fingerprint density at radius 1 is 1.09 bits per heavy atom. The number of aryl methyl sites for hydroxylation is 2. The number of likely N-dealkylation sites (tertiary alicyclic amines) is 1. The third-order valence-corrected chi connectivity index (χ3v) is 6.21. The van der Waals surface area contributed by atoms with E-state index in [4.69, 9.17) is 0 Å². The first-order chi connectivity index (χ1) is 16.0. The van der Waals surface area contributed by atoms with Crippen molar-refractivity contribution in [2.45, 2.75) is 19.8 Å². The first-order valence-electron chi connectivity index (χ1n) is 11.1. The number of aromatic nitrogens is 4. The zero-order chi connectivity index (χ0) is 22.9. The molecule has 4 aromatic rings. The number of fused-ring (bicyclic) bond motifs is 1. The van der Waals surface area contributed by atoms with Gasteiger partial charge in [0.25, 0.3) is 5.91 Å². The zero-order valence-corrected chi connectivity index (χ0v) is 18.7. The maximum absolute atomic E-state index is 13.2. The van der Waals surface area contributed by atoms with E-state index in [-0.39, 0.29) is 17.7 Å². The normalized spacial score (nSPS) is 16.2. The minimum atomic E-state index is -0.289. The number of nitrogens with zero attached hydrogens (tertiary/aromatic N) is 4. The van der Waals surface area contributed by atoms with E-state index in [9.17, 15) is 9.59 Å². The predicted molar refractivity (Wildman–Crippen MR) is 127 cm³/mol. The average molecular weight is 443 g/mol. The standard InChI is InChI=1S/C25H26N6O2/c1-16-10-12-18(13-11-16)25(33)31-14-6-9-19(15-31)24(32)26-22-20-21(17-7-4-3-5-8-17)29-30(2)23(20)28-27-22/h3-5,7-8,10-13,19H,6,9,14-15H2,1-2H3,(H2,26,27,28,32). The van der Waals surface area contributed by atoms with Crippen molar-refractivity contribution in [1.82, 2.24) is 24.9 Å². The Hall–Kier alpha value is -3.94. The number of hydrogen-bond acceptors (Lipinski definition) is 4. The van der Waals surface area contributed by atoms with Gasteiger partial charge >= 0.3 is 0 Å². The number of nitrogens with one attached hydrogen (secondary N) is 2. The molecule has 0 saturated carbocycles. The van der Waals surface area contributed by atoms with Crippen molar-refractivity contribution in [2.24, 2.45) is 13.0 Å². The topological polar surface area (TPSA) is 95.9 Å². The van der Waals surface area contributed by atoms with Crippen LogP contribution in [-0.2, 0) is 11.8 Å². The van der Waals surface area contributed by atoms with Gasteiger partial charge in [-0.1, -0.05) is 48.0 Å². The van der Waals surface area contributed by atoms with Gasteiger partial charge in [-0.3, -0.25) is 14.7 Å². The summed E-state index contributed by atoms with van der Waals surface area (Å²) in [7, 11) is 1.83. The second kappa shape index (κ2) is 8.54. The molecule has 1 aliphatic rings. The van der Waals surface area contributed by atoms with E-state index in [1.807, 2.05) is 68.6 Å². The fourth-order valence-corrected chi connectivity index (χ4v) is 4.41. The Morgan fingerprint density at radius 2 is 1.85 bits per heavy atom. The predicted octanol–water partition coefficient (Wildman–Crippen LogP) is 3.76. The zero-order valence-electron chi connectivity index (χ0n) is 18.7. The number of H-pyrrole nitrogens is 1. The van der Waals surface area contributed by atoms with Crippen LogP contribution in [0, 0.1) is 12.8 Å². The van der Waals surface area contributed by atoms with E-state index in [0.717, 1.165) is 35.0 Å². The molecule has 3 heterocycles. The third-order valence-electron chi connectivity index (χ3n) is 6.21. The van der Waals surface area contributed by atoms with E-state index in [1.165, 1.54) is 0 Å². The Labute approximate surface area is 191 Å². The summed E-state index contributed by atoms with van der Waals surface area (Å²) >= 11 is 0. The highest BCUT2D eigenvalue weighted by Crippen LogP contribution is 2.32. The largest absolute Gasteiger partial charge is 0.338 e. The van der Waals surface area contributed by atoms with E-state index in [0.29, 0.717) is 30.1 Å². The van der Waals surface area contributed by atoms with Crippen molar-refractivity contribution in [1.29, 1.82) is 0 Å². The fraction of sp³-hybridized carbons (Fsp3) is 0.280. The highest BCUT2D eigenvalue weighted by molar-refractivity contribution is 6.05. The molecular formula is C25H26N6O2. The van der Waals surface area contributed by atoms with E-state index in [1.54, 1.807) is 9.58 Å². The van der Waals surface area contributed by atoms with Crippen molar-refractivity contribution in [2.75, 3.05) is 18.4 Å². The molecule has 0 spiro atoms. The molecule has 2 N–H and O–H groups in total. The van der Waals surface area contributed by atoms with Crippen LogP contribution in [0.15, 0.2) is 54.6 Å². The molecule has 1 aliphatic heterocycles. The molecule has 1 saturated heterocycles. The summed E-state index contributed by atoms with van der Waals surface area (Å²) in [5.41, 5.74) is 4.15. The van der Waals surface area contributed by atoms with Gasteiger partial charge in [0.2, 0.25) is 5.91 Å². The van der Waals surface area contributed by atoms with Crippen LogP contribution in [0.25, 0.3) is 22.3 Å². The van der Waals surface area contributed by atoms with Crippen LogP contribution in [0.3, 0.4) is 0 Å². The molecule has 1 atom stereocenters. The molecule has 2 aromatic heterocycles. The number of anilines is 1. The molecule has 0 aliphatic carbocycles. The lowest BCUT2D eigenvalue weighted by molar-refractivity contribution is -0.121. The smallest absolute Gasteiger partial charge is 0.253 e. The van der Waals surface area contributed by atoms with Crippen molar-refractivity contribution in [3.05, 3.63) is 65.7 Å². The summed E-state index contributed by atoms with van der Waals surface area (Å²) < 4.78 is 1.70. The van der Waals surface area contributed by atoms with Crippen LogP contribution in [-0.4, -0.2) is 49.8 Å². The van der Waals surface area contributed by atoms with Gasteiger partial charge < -0.3 is 10.2 Å². The number of aromatic amines is 1. The Balaban J connectivity index is 1.35. The summed E-state index contributed by atoms with van der Waals surface area (Å²) in [5.74, 6) is 0.0900. The monoisotopic (exact) mass is 442 g/mol. The first kappa shape index (κ1) is 20.9. The molecule has 5 rings (SSSR count). The van der Waals surface area contributed by atoms with Gasteiger partial charge in [0.05, 0.1) is 11.3 Å². The van der Waals surface area contributed by atoms with Crippen LogP contribution in [0.2, 0.25) is 0 Å². The molecule has 0 radical (unpaired) electrons. The highest BCUT2D eigenvalue weighted by atomic mass is 16.2. The van der Waals surface area contributed by atoms with Gasteiger partial charge in [0, 0.05) is 31.3 Å². The third kappa shape index (κ3) is 4.00. The van der Waals surface area contributed by atoms with Crippen LogP contribution in [0.4, 0.5) is 5.82 Å². The van der Waals surface area contributed by atoms with Crippen LogP contribution in [0.1, 0.15) is 28.8 Å². The van der Waals surface area contributed by atoms with E-state index >= 15 is 0 Å². The minimum Gasteiger partial charge on any atom is -0.338 e. The number of hydrogen-bond donors (Lipinski definition) is 2. The van der Waals surface area contributed by atoms with Gasteiger partial charge in [0.1, 0.15) is 11.5 Å². The number of amides is 2.